The number of nitrogens with one attached hydrogen (secondary N) is 1. The van der Waals surface area contributed by atoms with E-state index in [1.807, 2.05) is 26.0 Å². The molecular weight excluding hydrogens is 294 g/mol. The Kier molecular flexibility index (Phi) is 4.82. The molecule has 1 aromatic heterocycles. The van der Waals surface area contributed by atoms with Crippen LogP contribution in [0, 0.1) is 0 Å². The summed E-state index contributed by atoms with van der Waals surface area (Å²) in [4.78, 5) is 18.7. The van der Waals surface area contributed by atoms with Crippen molar-refractivity contribution >= 4 is 11.6 Å². The summed E-state index contributed by atoms with van der Waals surface area (Å²) in [7, 11) is 0. The molecule has 0 bridgehead atoms. The fraction of sp³-hybridized carbons (Fsp3) is 0.647. The summed E-state index contributed by atoms with van der Waals surface area (Å²) in [6.45, 7) is 7.14. The summed E-state index contributed by atoms with van der Waals surface area (Å²) < 4.78 is 11.5. The molecule has 6 nitrogen and oxygen atoms in total. The SMILES string of the molecule is CCC(C)NC(=O)c1cc(N2CCC3(CC2)OCCO3)ccn1. The number of aromatic nitrogens is 1. The van der Waals surface area contributed by atoms with Gasteiger partial charge in [0.15, 0.2) is 5.79 Å². The second kappa shape index (κ2) is 6.84. The maximum atomic E-state index is 12.2. The summed E-state index contributed by atoms with van der Waals surface area (Å²) in [6.07, 6.45) is 4.31. The van der Waals surface area contributed by atoms with Crippen molar-refractivity contribution < 1.29 is 14.3 Å². The van der Waals surface area contributed by atoms with E-state index in [0.29, 0.717) is 18.9 Å². The number of pyridine rings is 1. The van der Waals surface area contributed by atoms with Gasteiger partial charge in [-0.2, -0.15) is 0 Å². The van der Waals surface area contributed by atoms with Gasteiger partial charge in [-0.15, -0.1) is 0 Å². The Balaban J connectivity index is 1.65. The topological polar surface area (TPSA) is 63.7 Å². The van der Waals surface area contributed by atoms with Gasteiger partial charge in [0.25, 0.3) is 5.91 Å². The molecule has 1 atom stereocenters. The van der Waals surface area contributed by atoms with Crippen molar-refractivity contribution in [3.8, 4) is 0 Å². The van der Waals surface area contributed by atoms with Crippen LogP contribution in [0.1, 0.15) is 43.6 Å². The molecule has 2 aliphatic heterocycles. The van der Waals surface area contributed by atoms with Crippen molar-refractivity contribution in [2.75, 3.05) is 31.2 Å². The Morgan fingerprint density at radius 3 is 2.74 bits per heavy atom. The van der Waals surface area contributed by atoms with Crippen LogP contribution in [0.3, 0.4) is 0 Å². The Hall–Kier alpha value is -1.66. The van der Waals surface area contributed by atoms with Gasteiger partial charge in [-0.1, -0.05) is 6.92 Å². The first-order chi connectivity index (χ1) is 11.1. The lowest BCUT2D eigenvalue weighted by molar-refractivity contribution is -0.169. The third kappa shape index (κ3) is 3.64. The molecule has 2 fully saturated rings. The van der Waals surface area contributed by atoms with Crippen LogP contribution in [-0.4, -0.2) is 49.0 Å². The highest BCUT2D eigenvalue weighted by atomic mass is 16.7. The molecule has 1 aromatic rings. The van der Waals surface area contributed by atoms with E-state index in [0.717, 1.165) is 38.0 Å². The van der Waals surface area contributed by atoms with Gasteiger partial charge >= 0.3 is 0 Å². The number of ether oxygens (including phenoxy) is 2. The molecule has 0 aromatic carbocycles. The van der Waals surface area contributed by atoms with Gasteiger partial charge in [-0.25, -0.2) is 0 Å². The van der Waals surface area contributed by atoms with E-state index in [2.05, 4.69) is 15.2 Å². The number of carbonyl (C=O) groups excluding carboxylic acids is 1. The maximum absolute atomic E-state index is 12.2. The third-order valence-electron chi connectivity index (χ3n) is 4.67. The van der Waals surface area contributed by atoms with Gasteiger partial charge in [-0.3, -0.25) is 9.78 Å². The van der Waals surface area contributed by atoms with E-state index in [1.54, 1.807) is 6.20 Å². The number of amides is 1. The number of hydrogen-bond donors (Lipinski definition) is 1. The van der Waals surface area contributed by atoms with Gasteiger partial charge in [0.2, 0.25) is 0 Å². The number of anilines is 1. The maximum Gasteiger partial charge on any atom is 0.270 e. The van der Waals surface area contributed by atoms with Crippen molar-refractivity contribution in [1.29, 1.82) is 0 Å². The molecule has 3 heterocycles. The highest BCUT2D eigenvalue weighted by Gasteiger charge is 2.39. The fourth-order valence-electron chi connectivity index (χ4n) is 3.03. The van der Waals surface area contributed by atoms with E-state index >= 15 is 0 Å². The van der Waals surface area contributed by atoms with Gasteiger partial charge < -0.3 is 19.7 Å². The van der Waals surface area contributed by atoms with Crippen LogP contribution in [0.2, 0.25) is 0 Å². The van der Waals surface area contributed by atoms with E-state index in [4.69, 9.17) is 9.47 Å². The van der Waals surface area contributed by atoms with Crippen LogP contribution >= 0.6 is 0 Å². The van der Waals surface area contributed by atoms with Gasteiger partial charge in [0.1, 0.15) is 5.69 Å². The number of hydrogen-bond acceptors (Lipinski definition) is 5. The summed E-state index contributed by atoms with van der Waals surface area (Å²) in [5.74, 6) is -0.488. The lowest BCUT2D eigenvalue weighted by atomic mass is 10.0. The lowest BCUT2D eigenvalue weighted by Crippen LogP contribution is -2.45. The van der Waals surface area contributed by atoms with Gasteiger partial charge in [0.05, 0.1) is 13.2 Å². The highest BCUT2D eigenvalue weighted by molar-refractivity contribution is 5.93. The molecule has 126 valence electrons. The minimum Gasteiger partial charge on any atom is -0.371 e. The zero-order chi connectivity index (χ0) is 16.3. The van der Waals surface area contributed by atoms with E-state index < -0.39 is 0 Å². The molecule has 6 heteroatoms. The Bertz CT molecular complexity index is 548. The minimum atomic E-state index is -0.375. The molecule has 1 N–H and O–H groups in total. The first-order valence-corrected chi connectivity index (χ1v) is 8.42. The third-order valence-corrected chi connectivity index (χ3v) is 4.67. The molecule has 0 saturated carbocycles. The largest absolute Gasteiger partial charge is 0.371 e. The minimum absolute atomic E-state index is 0.114. The van der Waals surface area contributed by atoms with E-state index in [9.17, 15) is 4.79 Å². The van der Waals surface area contributed by atoms with Crippen LogP contribution in [0.25, 0.3) is 0 Å². The predicted octanol–water partition coefficient (Wildman–Crippen LogP) is 1.95. The smallest absolute Gasteiger partial charge is 0.270 e. The molecular formula is C17H25N3O3. The lowest BCUT2D eigenvalue weighted by Gasteiger charge is -2.38. The van der Waals surface area contributed by atoms with Crippen LogP contribution in [-0.2, 0) is 9.47 Å². The van der Waals surface area contributed by atoms with Crippen LogP contribution in [0.4, 0.5) is 5.69 Å². The van der Waals surface area contributed by atoms with Crippen LogP contribution < -0.4 is 10.2 Å². The summed E-state index contributed by atoms with van der Waals surface area (Å²) in [6, 6.07) is 3.97. The predicted molar refractivity (Wildman–Crippen MR) is 87.5 cm³/mol. The average molecular weight is 319 g/mol. The summed E-state index contributed by atoms with van der Waals surface area (Å²) in [5.41, 5.74) is 1.50. The van der Waals surface area contributed by atoms with Gasteiger partial charge in [-0.05, 0) is 25.5 Å². The van der Waals surface area contributed by atoms with Crippen LogP contribution in [0.5, 0.6) is 0 Å². The van der Waals surface area contributed by atoms with E-state index in [1.165, 1.54) is 0 Å². The standard InChI is InChI=1S/C17H25N3O3/c1-3-13(2)19-16(21)15-12-14(4-7-18-15)20-8-5-17(6-9-20)22-10-11-23-17/h4,7,12-13H,3,5-6,8-11H2,1-2H3,(H,19,21). The molecule has 0 aliphatic carbocycles. The number of nitrogens with zero attached hydrogens (tertiary/aromatic N) is 2. The molecule has 1 unspecified atom stereocenters. The average Bonchev–Trinajstić information content (AvgIpc) is 3.03. The molecule has 23 heavy (non-hydrogen) atoms. The molecule has 3 rings (SSSR count). The molecule has 2 aliphatic rings. The summed E-state index contributed by atoms with van der Waals surface area (Å²) >= 11 is 0. The second-order valence-corrected chi connectivity index (χ2v) is 6.28. The fourth-order valence-corrected chi connectivity index (χ4v) is 3.03. The Morgan fingerprint density at radius 2 is 2.09 bits per heavy atom. The highest BCUT2D eigenvalue weighted by Crippen LogP contribution is 2.33. The monoisotopic (exact) mass is 319 g/mol. The normalized spacial score (nSPS) is 21.4. The number of carbonyl (C=O) groups is 1. The molecule has 0 radical (unpaired) electrons. The molecule has 1 amide bonds. The molecule has 2 saturated heterocycles. The van der Waals surface area contributed by atoms with Crippen molar-refractivity contribution in [2.24, 2.45) is 0 Å². The van der Waals surface area contributed by atoms with Gasteiger partial charge in [0, 0.05) is 43.9 Å². The van der Waals surface area contributed by atoms with Crippen molar-refractivity contribution in [3.63, 3.8) is 0 Å². The van der Waals surface area contributed by atoms with Crippen molar-refractivity contribution in [2.45, 2.75) is 44.9 Å². The zero-order valence-electron chi connectivity index (χ0n) is 13.9. The van der Waals surface area contributed by atoms with Crippen LogP contribution in [0.15, 0.2) is 18.3 Å². The second-order valence-electron chi connectivity index (χ2n) is 6.28. The quantitative estimate of drug-likeness (QED) is 0.919. The zero-order valence-corrected chi connectivity index (χ0v) is 13.9. The molecule has 1 spiro atoms. The van der Waals surface area contributed by atoms with E-state index in [-0.39, 0.29) is 17.7 Å². The Morgan fingerprint density at radius 1 is 1.39 bits per heavy atom. The number of piperidine rings is 1. The number of rotatable bonds is 4. The first-order valence-electron chi connectivity index (χ1n) is 8.42. The first kappa shape index (κ1) is 16.2. The van der Waals surface area contributed by atoms with Crippen molar-refractivity contribution in [3.05, 3.63) is 24.0 Å². The van der Waals surface area contributed by atoms with Crippen molar-refractivity contribution in [1.82, 2.24) is 10.3 Å². The summed E-state index contributed by atoms with van der Waals surface area (Å²) in [5, 5.41) is 2.96. The Labute approximate surface area is 137 Å².